The molecule has 36 heavy (non-hydrogen) atoms. The highest BCUT2D eigenvalue weighted by atomic mass is 16.3. The molecule has 0 saturated carbocycles. The van der Waals surface area contributed by atoms with Crippen molar-refractivity contribution in [3.8, 4) is 0 Å². The van der Waals surface area contributed by atoms with Gasteiger partial charge in [0.15, 0.2) is 6.04 Å². The maximum absolute atomic E-state index is 13.9. The van der Waals surface area contributed by atoms with E-state index in [0.717, 1.165) is 24.0 Å². The molecule has 1 aromatic heterocycles. The van der Waals surface area contributed by atoms with Crippen molar-refractivity contribution < 1.29 is 18.8 Å². The van der Waals surface area contributed by atoms with Crippen LogP contribution in [0.3, 0.4) is 0 Å². The molecule has 0 spiro atoms. The molecule has 2 atom stereocenters. The summed E-state index contributed by atoms with van der Waals surface area (Å²) in [5.74, 6) is -1.06. The number of anilines is 1. The largest absolute Gasteiger partial charge is 0.464 e. The Kier molecular flexibility index (Phi) is 7.29. The molecular weight excluding hydrogens is 454 g/mol. The summed E-state index contributed by atoms with van der Waals surface area (Å²) in [4.78, 5) is 42.4. The number of nitrogens with one attached hydrogen (secondary N) is 2. The molecule has 1 aliphatic carbocycles. The minimum absolute atomic E-state index is 0.318. The van der Waals surface area contributed by atoms with E-state index < -0.39 is 35.3 Å². The average Bonchev–Trinajstić information content (AvgIpc) is 3.26. The van der Waals surface area contributed by atoms with Gasteiger partial charge in [0.2, 0.25) is 0 Å². The van der Waals surface area contributed by atoms with Crippen LogP contribution in [0.5, 0.6) is 0 Å². The molecule has 0 bridgehead atoms. The third-order valence-electron chi connectivity index (χ3n) is 6.19. The Morgan fingerprint density at radius 3 is 2.33 bits per heavy atom. The van der Waals surface area contributed by atoms with Crippen LogP contribution in [0.1, 0.15) is 68.3 Å². The third-order valence-corrected chi connectivity index (χ3v) is 6.19. The van der Waals surface area contributed by atoms with Crippen molar-refractivity contribution in [1.29, 1.82) is 0 Å². The molecule has 3 aromatic rings. The fourth-order valence-corrected chi connectivity index (χ4v) is 4.71. The summed E-state index contributed by atoms with van der Waals surface area (Å²) in [6.45, 7) is 7.41. The first-order valence-corrected chi connectivity index (χ1v) is 12.3. The number of fused-ring (bicyclic) bond motifs is 1. The molecule has 4 rings (SSSR count). The Morgan fingerprint density at radius 2 is 1.67 bits per heavy atom. The van der Waals surface area contributed by atoms with Crippen LogP contribution in [0.4, 0.5) is 5.69 Å². The number of aryl methyl sites for hydroxylation is 2. The van der Waals surface area contributed by atoms with E-state index in [1.54, 1.807) is 43.3 Å². The van der Waals surface area contributed by atoms with Gasteiger partial charge in [-0.2, -0.15) is 0 Å². The predicted octanol–water partition coefficient (Wildman–Crippen LogP) is 5.09. The van der Waals surface area contributed by atoms with Crippen molar-refractivity contribution in [2.75, 3.05) is 5.32 Å². The molecule has 0 aliphatic heterocycles. The first kappa shape index (κ1) is 25.2. The Labute approximate surface area is 211 Å². The molecule has 0 saturated heterocycles. The smallest absolute Gasteiger partial charge is 0.313 e. The normalized spacial score (nSPS) is 15.9. The zero-order chi connectivity index (χ0) is 25.9. The van der Waals surface area contributed by atoms with Gasteiger partial charge in [-0.05, 0) is 82.3 Å². The number of furan rings is 1. The summed E-state index contributed by atoms with van der Waals surface area (Å²) in [5.41, 5.74) is 2.01. The van der Waals surface area contributed by atoms with Gasteiger partial charge in [0, 0.05) is 11.2 Å². The van der Waals surface area contributed by atoms with Crippen LogP contribution in [0.25, 0.3) is 0 Å². The number of benzene rings is 2. The molecule has 7 heteroatoms. The summed E-state index contributed by atoms with van der Waals surface area (Å²) < 4.78 is 5.90. The topological polar surface area (TPSA) is 91.7 Å². The Balaban J connectivity index is 1.81. The standard InChI is InChI=1S/C29H33N3O4/c1-19-17-18-24(36-19)25(26(33)31-29(2,3)4)32(23-16-10-12-20-11-8-9-15-22(20)23)28(35)27(34)30-21-13-6-5-7-14-21/h5-9,11,13-15,17-18,23,25H,10,12,16H2,1-4H3,(H,30,34)(H,31,33)/t23-,25-/m1/s1. The van der Waals surface area contributed by atoms with E-state index >= 15 is 0 Å². The van der Waals surface area contributed by atoms with Crippen LogP contribution in [-0.4, -0.2) is 28.2 Å². The van der Waals surface area contributed by atoms with Gasteiger partial charge >= 0.3 is 11.8 Å². The van der Waals surface area contributed by atoms with Gasteiger partial charge in [0.05, 0.1) is 6.04 Å². The van der Waals surface area contributed by atoms with Crippen LogP contribution in [-0.2, 0) is 20.8 Å². The van der Waals surface area contributed by atoms with Crippen molar-refractivity contribution in [3.05, 3.63) is 89.4 Å². The first-order chi connectivity index (χ1) is 17.1. The van der Waals surface area contributed by atoms with Gasteiger partial charge < -0.3 is 20.0 Å². The maximum atomic E-state index is 13.9. The summed E-state index contributed by atoms with van der Waals surface area (Å²) in [5, 5.41) is 5.68. The maximum Gasteiger partial charge on any atom is 0.313 e. The number of rotatable bonds is 5. The fourth-order valence-electron chi connectivity index (χ4n) is 4.71. The van der Waals surface area contributed by atoms with E-state index in [1.807, 2.05) is 51.1 Å². The van der Waals surface area contributed by atoms with Crippen LogP contribution in [0.2, 0.25) is 0 Å². The highest BCUT2D eigenvalue weighted by Crippen LogP contribution is 2.40. The number of nitrogens with zero attached hydrogens (tertiary/aromatic N) is 1. The Hall–Kier alpha value is -3.87. The lowest BCUT2D eigenvalue weighted by Crippen LogP contribution is -2.52. The van der Waals surface area contributed by atoms with Crippen molar-refractivity contribution in [2.45, 2.75) is 64.6 Å². The molecular formula is C29H33N3O4. The number of para-hydroxylation sites is 1. The van der Waals surface area contributed by atoms with E-state index in [1.165, 1.54) is 4.90 Å². The SMILES string of the molecule is Cc1ccc([C@H](C(=O)NC(C)(C)C)N(C(=O)C(=O)Nc2ccccc2)[C@@H]2CCCc3ccccc32)o1. The lowest BCUT2D eigenvalue weighted by atomic mass is 9.85. The lowest BCUT2D eigenvalue weighted by Gasteiger charge is -2.40. The van der Waals surface area contributed by atoms with Gasteiger partial charge in [-0.15, -0.1) is 0 Å². The van der Waals surface area contributed by atoms with E-state index in [9.17, 15) is 14.4 Å². The van der Waals surface area contributed by atoms with E-state index in [-0.39, 0.29) is 0 Å². The molecule has 2 aromatic carbocycles. The molecule has 0 radical (unpaired) electrons. The van der Waals surface area contributed by atoms with Crippen LogP contribution >= 0.6 is 0 Å². The van der Waals surface area contributed by atoms with Gasteiger partial charge in [-0.25, -0.2) is 0 Å². The number of hydrogen-bond acceptors (Lipinski definition) is 4. The van der Waals surface area contributed by atoms with E-state index in [0.29, 0.717) is 23.6 Å². The number of amides is 3. The second-order valence-corrected chi connectivity index (χ2v) is 10.2. The number of carbonyl (C=O) groups excluding carboxylic acids is 3. The minimum atomic E-state index is -1.12. The third kappa shape index (κ3) is 5.67. The fraction of sp³-hybridized carbons (Fsp3) is 0.345. The molecule has 188 valence electrons. The van der Waals surface area contributed by atoms with E-state index in [2.05, 4.69) is 10.6 Å². The highest BCUT2D eigenvalue weighted by molar-refractivity contribution is 6.40. The molecule has 0 unspecified atom stereocenters. The van der Waals surface area contributed by atoms with Crippen LogP contribution < -0.4 is 10.6 Å². The zero-order valence-corrected chi connectivity index (χ0v) is 21.2. The summed E-state index contributed by atoms with van der Waals surface area (Å²) in [7, 11) is 0. The second-order valence-electron chi connectivity index (χ2n) is 10.2. The van der Waals surface area contributed by atoms with Crippen LogP contribution in [0, 0.1) is 6.92 Å². The molecule has 7 nitrogen and oxygen atoms in total. The van der Waals surface area contributed by atoms with Gasteiger partial charge in [-0.1, -0.05) is 42.5 Å². The Morgan fingerprint density at radius 1 is 0.972 bits per heavy atom. The molecule has 2 N–H and O–H groups in total. The Bertz CT molecular complexity index is 1240. The molecule has 0 fully saturated rings. The van der Waals surface area contributed by atoms with E-state index in [4.69, 9.17) is 4.42 Å². The van der Waals surface area contributed by atoms with Gasteiger partial charge in [-0.3, -0.25) is 14.4 Å². The first-order valence-electron chi connectivity index (χ1n) is 12.3. The number of carbonyl (C=O) groups is 3. The summed E-state index contributed by atoms with van der Waals surface area (Å²) in [6, 6.07) is 18.6. The zero-order valence-electron chi connectivity index (χ0n) is 21.2. The molecule has 3 amide bonds. The monoisotopic (exact) mass is 487 g/mol. The second kappa shape index (κ2) is 10.4. The lowest BCUT2D eigenvalue weighted by molar-refractivity contribution is -0.151. The van der Waals surface area contributed by atoms with Crippen molar-refractivity contribution in [2.24, 2.45) is 0 Å². The minimum Gasteiger partial charge on any atom is -0.464 e. The molecule has 1 heterocycles. The molecule has 1 aliphatic rings. The van der Waals surface area contributed by atoms with Crippen molar-refractivity contribution in [1.82, 2.24) is 10.2 Å². The van der Waals surface area contributed by atoms with Gasteiger partial charge in [0.25, 0.3) is 5.91 Å². The highest BCUT2D eigenvalue weighted by Gasteiger charge is 2.43. The van der Waals surface area contributed by atoms with Crippen LogP contribution in [0.15, 0.2) is 71.1 Å². The number of hydrogen-bond donors (Lipinski definition) is 2. The average molecular weight is 488 g/mol. The summed E-state index contributed by atoms with van der Waals surface area (Å²) >= 11 is 0. The van der Waals surface area contributed by atoms with Crippen molar-refractivity contribution in [3.63, 3.8) is 0 Å². The summed E-state index contributed by atoms with van der Waals surface area (Å²) in [6.07, 6.45) is 2.33. The van der Waals surface area contributed by atoms with Gasteiger partial charge in [0.1, 0.15) is 11.5 Å². The van der Waals surface area contributed by atoms with Crippen molar-refractivity contribution >= 4 is 23.4 Å². The predicted molar refractivity (Wildman–Crippen MR) is 138 cm³/mol. The quantitative estimate of drug-likeness (QED) is 0.491.